The zero-order valence-electron chi connectivity index (χ0n) is 7.52. The molecule has 0 aromatic carbocycles. The van der Waals surface area contributed by atoms with Crippen LogP contribution >= 0.6 is 11.3 Å². The normalized spacial score (nSPS) is 17.8. The van der Waals surface area contributed by atoms with E-state index in [0.29, 0.717) is 12.8 Å². The molecule has 0 bridgehead atoms. The fourth-order valence-electron chi connectivity index (χ4n) is 1.52. The molecule has 6 heteroatoms. The third kappa shape index (κ3) is 1.07. The van der Waals surface area contributed by atoms with Gasteiger partial charge in [0.05, 0.1) is 12.5 Å². The molecule has 1 saturated carbocycles. The zero-order valence-corrected chi connectivity index (χ0v) is 8.34. The van der Waals surface area contributed by atoms with Crippen molar-refractivity contribution in [3.63, 3.8) is 0 Å². The molecule has 14 heavy (non-hydrogen) atoms. The van der Waals surface area contributed by atoms with E-state index in [1.807, 2.05) is 0 Å². The number of aromatic nitrogens is 1. The number of hydrogen-bond acceptors (Lipinski definition) is 5. The van der Waals surface area contributed by atoms with Gasteiger partial charge in [-0.2, -0.15) is 0 Å². The van der Waals surface area contributed by atoms with Crippen LogP contribution in [0.1, 0.15) is 12.8 Å². The van der Waals surface area contributed by atoms with E-state index >= 15 is 0 Å². The van der Waals surface area contributed by atoms with E-state index in [4.69, 9.17) is 0 Å². The van der Waals surface area contributed by atoms with Crippen molar-refractivity contribution in [3.05, 3.63) is 15.0 Å². The summed E-state index contributed by atoms with van der Waals surface area (Å²) in [6, 6.07) is 0. The van der Waals surface area contributed by atoms with Gasteiger partial charge in [-0.15, -0.1) is 0 Å². The van der Waals surface area contributed by atoms with Crippen LogP contribution in [0.2, 0.25) is 0 Å². The molecule has 1 fully saturated rings. The van der Waals surface area contributed by atoms with Gasteiger partial charge < -0.3 is 9.84 Å². The van der Waals surface area contributed by atoms with E-state index in [1.165, 1.54) is 12.5 Å². The van der Waals surface area contributed by atoms with Crippen LogP contribution in [0.15, 0.2) is 10.2 Å². The number of thiazole rings is 1. The van der Waals surface area contributed by atoms with Gasteiger partial charge in [0, 0.05) is 0 Å². The smallest absolute Gasteiger partial charge is 0.332 e. The highest BCUT2D eigenvalue weighted by atomic mass is 32.1. The standard InChI is InChI=1S/C8H9NO4S/c1-13-6(11)8(2-3-8)9-5(10)4-14-7(9)12/h4,10H,2-3H2,1H3. The lowest BCUT2D eigenvalue weighted by atomic mass is 10.3. The maximum absolute atomic E-state index is 11.4. The Morgan fingerprint density at radius 1 is 1.71 bits per heavy atom. The first kappa shape index (κ1) is 9.26. The van der Waals surface area contributed by atoms with Crippen LogP contribution in [-0.4, -0.2) is 22.8 Å². The summed E-state index contributed by atoms with van der Waals surface area (Å²) in [7, 11) is 1.27. The topological polar surface area (TPSA) is 68.5 Å². The van der Waals surface area contributed by atoms with Gasteiger partial charge in [-0.1, -0.05) is 11.3 Å². The molecule has 1 aliphatic rings. The van der Waals surface area contributed by atoms with Crippen LogP contribution in [0, 0.1) is 0 Å². The lowest BCUT2D eigenvalue weighted by Gasteiger charge is -2.13. The number of hydrogen-bond donors (Lipinski definition) is 1. The van der Waals surface area contributed by atoms with Gasteiger partial charge in [0.25, 0.3) is 0 Å². The van der Waals surface area contributed by atoms with Crippen LogP contribution in [-0.2, 0) is 15.1 Å². The highest BCUT2D eigenvalue weighted by molar-refractivity contribution is 7.07. The third-order valence-corrected chi connectivity index (χ3v) is 3.11. The summed E-state index contributed by atoms with van der Waals surface area (Å²) >= 11 is 0.875. The zero-order chi connectivity index (χ0) is 10.3. The van der Waals surface area contributed by atoms with E-state index in [2.05, 4.69) is 4.74 Å². The lowest BCUT2D eigenvalue weighted by molar-refractivity contribution is -0.146. The number of ether oxygens (including phenoxy) is 1. The molecule has 0 saturated heterocycles. The first-order valence-corrected chi connectivity index (χ1v) is 4.98. The largest absolute Gasteiger partial charge is 0.494 e. The van der Waals surface area contributed by atoms with E-state index in [-0.39, 0.29) is 10.8 Å². The van der Waals surface area contributed by atoms with Gasteiger partial charge in [0.1, 0.15) is 5.54 Å². The van der Waals surface area contributed by atoms with Crippen molar-refractivity contribution in [2.75, 3.05) is 7.11 Å². The first-order chi connectivity index (χ1) is 6.62. The second-order valence-electron chi connectivity index (χ2n) is 3.22. The predicted molar refractivity (Wildman–Crippen MR) is 49.5 cm³/mol. The molecular weight excluding hydrogens is 206 g/mol. The van der Waals surface area contributed by atoms with Crippen molar-refractivity contribution in [1.29, 1.82) is 0 Å². The molecular formula is C8H9NO4S. The summed E-state index contributed by atoms with van der Waals surface area (Å²) in [4.78, 5) is 22.4. The van der Waals surface area contributed by atoms with Crippen molar-refractivity contribution in [2.24, 2.45) is 0 Å². The van der Waals surface area contributed by atoms with Gasteiger partial charge in [-0.3, -0.25) is 9.36 Å². The van der Waals surface area contributed by atoms with E-state index in [9.17, 15) is 14.7 Å². The minimum absolute atomic E-state index is 0.164. The van der Waals surface area contributed by atoms with Crippen LogP contribution < -0.4 is 4.87 Å². The Kier molecular flexibility index (Phi) is 1.88. The third-order valence-electron chi connectivity index (χ3n) is 2.39. The number of carbonyl (C=O) groups excluding carboxylic acids is 1. The van der Waals surface area contributed by atoms with Crippen molar-refractivity contribution in [3.8, 4) is 5.88 Å². The van der Waals surface area contributed by atoms with Crippen molar-refractivity contribution >= 4 is 17.3 Å². The molecule has 5 nitrogen and oxygen atoms in total. The fourth-order valence-corrected chi connectivity index (χ4v) is 2.21. The SMILES string of the molecule is COC(=O)C1(n2c(O)csc2=O)CC1. The summed E-state index contributed by atoms with van der Waals surface area (Å²) in [5, 5.41) is 10.7. The van der Waals surface area contributed by atoms with Gasteiger partial charge in [-0.25, -0.2) is 4.79 Å². The molecule has 76 valence electrons. The Labute approximate surface area is 83.6 Å². The van der Waals surface area contributed by atoms with Crippen LogP contribution in [0.3, 0.4) is 0 Å². The Hall–Kier alpha value is -1.30. The molecule has 0 amide bonds. The van der Waals surface area contributed by atoms with E-state index in [1.54, 1.807) is 0 Å². The second kappa shape index (κ2) is 2.84. The molecule has 1 aromatic heterocycles. The van der Waals surface area contributed by atoms with Crippen LogP contribution in [0.5, 0.6) is 5.88 Å². The molecule has 0 atom stereocenters. The molecule has 0 spiro atoms. The molecule has 1 N–H and O–H groups in total. The van der Waals surface area contributed by atoms with Gasteiger partial charge in [0.2, 0.25) is 5.88 Å². The molecule has 1 heterocycles. The molecule has 0 radical (unpaired) electrons. The Morgan fingerprint density at radius 3 is 2.71 bits per heavy atom. The summed E-state index contributed by atoms with van der Waals surface area (Å²) in [6.45, 7) is 0. The van der Waals surface area contributed by atoms with E-state index < -0.39 is 11.5 Å². The highest BCUT2D eigenvalue weighted by Crippen LogP contribution is 2.45. The summed E-state index contributed by atoms with van der Waals surface area (Å²) < 4.78 is 5.72. The van der Waals surface area contributed by atoms with Crippen molar-refractivity contribution < 1.29 is 14.6 Å². The number of rotatable bonds is 2. The minimum Gasteiger partial charge on any atom is -0.494 e. The Morgan fingerprint density at radius 2 is 2.36 bits per heavy atom. The summed E-state index contributed by atoms with van der Waals surface area (Å²) in [6.07, 6.45) is 1.09. The molecule has 1 aliphatic carbocycles. The molecule has 1 aromatic rings. The molecule has 2 rings (SSSR count). The van der Waals surface area contributed by atoms with Crippen molar-refractivity contribution in [2.45, 2.75) is 18.4 Å². The number of esters is 1. The maximum atomic E-state index is 11.4. The second-order valence-corrected chi connectivity index (χ2v) is 4.04. The molecule has 0 aliphatic heterocycles. The number of methoxy groups -OCH3 is 1. The number of carbonyl (C=O) groups is 1. The fraction of sp³-hybridized carbons (Fsp3) is 0.500. The van der Waals surface area contributed by atoms with Crippen LogP contribution in [0.25, 0.3) is 0 Å². The summed E-state index contributed by atoms with van der Waals surface area (Å²) in [5.74, 6) is -0.629. The average Bonchev–Trinajstić information content (AvgIpc) is 2.89. The molecule has 0 unspecified atom stereocenters. The van der Waals surface area contributed by atoms with Gasteiger partial charge in [-0.05, 0) is 12.8 Å². The van der Waals surface area contributed by atoms with Gasteiger partial charge >= 0.3 is 10.8 Å². The minimum atomic E-state index is -0.935. The van der Waals surface area contributed by atoms with Gasteiger partial charge in [0.15, 0.2) is 0 Å². The highest BCUT2D eigenvalue weighted by Gasteiger charge is 2.55. The monoisotopic (exact) mass is 215 g/mol. The first-order valence-electron chi connectivity index (χ1n) is 4.10. The number of aromatic hydroxyl groups is 1. The lowest BCUT2D eigenvalue weighted by Crippen LogP contribution is -2.34. The van der Waals surface area contributed by atoms with Crippen molar-refractivity contribution in [1.82, 2.24) is 4.57 Å². The quantitative estimate of drug-likeness (QED) is 0.719. The predicted octanol–water partition coefficient (Wildman–Crippen LogP) is 0.277. The van der Waals surface area contributed by atoms with Crippen LogP contribution in [0.4, 0.5) is 0 Å². The Bertz CT molecular complexity index is 429. The van der Waals surface area contributed by atoms with E-state index in [0.717, 1.165) is 15.9 Å². The number of nitrogens with zero attached hydrogens (tertiary/aromatic N) is 1. The Balaban J connectivity index is 2.50. The average molecular weight is 215 g/mol. The maximum Gasteiger partial charge on any atom is 0.332 e. The summed E-state index contributed by atoms with van der Waals surface area (Å²) in [5.41, 5.74) is -0.935.